The van der Waals surface area contributed by atoms with Crippen molar-refractivity contribution in [2.75, 3.05) is 18.1 Å². The third-order valence-corrected chi connectivity index (χ3v) is 6.91. The lowest BCUT2D eigenvalue weighted by molar-refractivity contribution is -0.118. The van der Waals surface area contributed by atoms with Gasteiger partial charge in [-0.15, -0.1) is 22.0 Å². The van der Waals surface area contributed by atoms with Crippen molar-refractivity contribution >= 4 is 55.9 Å². The number of thioether (sulfide) groups is 2. The van der Waals surface area contributed by atoms with Crippen LogP contribution in [-0.4, -0.2) is 38.6 Å². The summed E-state index contributed by atoms with van der Waals surface area (Å²) in [4.78, 5) is 14.2. The molecule has 0 atom stereocenters. The maximum Gasteiger partial charge on any atom is 0.230 e. The molecular weight excluding hydrogens is 396 g/mol. The van der Waals surface area contributed by atoms with Gasteiger partial charge in [0.05, 0.1) is 16.0 Å². The zero-order valence-corrected chi connectivity index (χ0v) is 17.2. The van der Waals surface area contributed by atoms with Gasteiger partial charge in [0.15, 0.2) is 5.16 Å². The molecule has 0 unspecified atom stereocenters. The molecule has 0 fully saturated rings. The predicted molar refractivity (Wildman–Crippen MR) is 114 cm³/mol. The van der Waals surface area contributed by atoms with Crippen molar-refractivity contribution in [1.29, 1.82) is 0 Å². The van der Waals surface area contributed by atoms with Gasteiger partial charge >= 0.3 is 0 Å². The Hall–Kier alpha value is -2.03. The smallest absolute Gasteiger partial charge is 0.230 e. The molecule has 27 heavy (non-hydrogen) atoms. The Morgan fingerprint density at radius 1 is 1.11 bits per heavy atom. The Labute approximate surface area is 169 Å². The number of fused-ring (bicyclic) bond motifs is 3. The van der Waals surface area contributed by atoms with Gasteiger partial charge in [0.1, 0.15) is 0 Å². The SMILES string of the molecule is Cc1ccc(SCCNC(=O)CSc2nnc3sc4ccccc4n23)cc1. The van der Waals surface area contributed by atoms with Crippen LogP contribution in [0.3, 0.4) is 0 Å². The molecule has 0 radical (unpaired) electrons. The minimum absolute atomic E-state index is 0.0146. The van der Waals surface area contributed by atoms with Gasteiger partial charge in [0, 0.05) is 17.2 Å². The molecule has 0 spiro atoms. The van der Waals surface area contributed by atoms with Crippen molar-refractivity contribution in [3.05, 3.63) is 54.1 Å². The van der Waals surface area contributed by atoms with Gasteiger partial charge in [0.25, 0.3) is 0 Å². The van der Waals surface area contributed by atoms with Gasteiger partial charge < -0.3 is 5.32 Å². The topological polar surface area (TPSA) is 59.3 Å². The molecule has 0 aliphatic heterocycles. The zero-order chi connectivity index (χ0) is 18.6. The van der Waals surface area contributed by atoms with E-state index in [1.54, 1.807) is 23.1 Å². The van der Waals surface area contributed by atoms with E-state index < -0.39 is 0 Å². The number of para-hydroxylation sites is 1. The van der Waals surface area contributed by atoms with Crippen LogP contribution in [0.5, 0.6) is 0 Å². The summed E-state index contributed by atoms with van der Waals surface area (Å²) >= 11 is 4.77. The lowest BCUT2D eigenvalue weighted by Crippen LogP contribution is -2.27. The van der Waals surface area contributed by atoms with Crippen LogP contribution in [0.25, 0.3) is 15.2 Å². The van der Waals surface area contributed by atoms with Crippen LogP contribution in [0.2, 0.25) is 0 Å². The Morgan fingerprint density at radius 3 is 2.78 bits per heavy atom. The Bertz CT molecular complexity index is 1070. The van der Waals surface area contributed by atoms with Crippen molar-refractivity contribution < 1.29 is 4.79 Å². The fourth-order valence-electron chi connectivity index (χ4n) is 2.62. The lowest BCUT2D eigenvalue weighted by Gasteiger charge is -2.05. The normalized spacial score (nSPS) is 11.3. The summed E-state index contributed by atoms with van der Waals surface area (Å²) in [7, 11) is 0. The van der Waals surface area contributed by atoms with E-state index >= 15 is 0 Å². The number of hydrogen-bond acceptors (Lipinski definition) is 6. The Kier molecular flexibility index (Phi) is 5.66. The van der Waals surface area contributed by atoms with E-state index in [4.69, 9.17) is 0 Å². The van der Waals surface area contributed by atoms with Crippen LogP contribution in [0, 0.1) is 6.92 Å². The Morgan fingerprint density at radius 2 is 1.93 bits per heavy atom. The number of aromatic nitrogens is 3. The molecular formula is C19H18N4OS3. The van der Waals surface area contributed by atoms with Crippen molar-refractivity contribution in [2.24, 2.45) is 0 Å². The van der Waals surface area contributed by atoms with Gasteiger partial charge in [-0.05, 0) is 31.2 Å². The average Bonchev–Trinajstić information content (AvgIpc) is 3.24. The molecule has 4 rings (SSSR count). The van der Waals surface area contributed by atoms with Gasteiger partial charge in [-0.2, -0.15) is 0 Å². The van der Waals surface area contributed by atoms with Crippen LogP contribution >= 0.6 is 34.9 Å². The number of benzene rings is 2. The molecule has 4 aromatic rings. The highest BCUT2D eigenvalue weighted by Gasteiger charge is 2.13. The first-order chi connectivity index (χ1) is 13.2. The number of nitrogens with one attached hydrogen (secondary N) is 1. The minimum atomic E-state index is 0.0146. The second-order valence-corrected chi connectivity index (χ2v) is 9.09. The van der Waals surface area contributed by atoms with Crippen molar-refractivity contribution in [1.82, 2.24) is 19.9 Å². The molecule has 138 valence electrons. The molecule has 8 heteroatoms. The van der Waals surface area contributed by atoms with Gasteiger partial charge in [-0.25, -0.2) is 0 Å². The summed E-state index contributed by atoms with van der Waals surface area (Å²) in [5, 5.41) is 12.2. The lowest BCUT2D eigenvalue weighted by atomic mass is 10.2. The molecule has 1 amide bonds. The average molecular weight is 415 g/mol. The monoisotopic (exact) mass is 414 g/mol. The fourth-order valence-corrected chi connectivity index (χ4v) is 5.19. The molecule has 2 heterocycles. The van der Waals surface area contributed by atoms with E-state index in [1.807, 2.05) is 16.5 Å². The third kappa shape index (κ3) is 4.28. The number of carbonyl (C=O) groups excluding carboxylic acids is 1. The number of thiazole rings is 1. The summed E-state index contributed by atoms with van der Waals surface area (Å²) in [5.74, 6) is 1.20. The highest BCUT2D eigenvalue weighted by Crippen LogP contribution is 2.29. The third-order valence-electron chi connectivity index (χ3n) is 3.96. The van der Waals surface area contributed by atoms with Crippen LogP contribution in [0.15, 0.2) is 58.6 Å². The van der Waals surface area contributed by atoms with E-state index in [0.717, 1.165) is 21.4 Å². The van der Waals surface area contributed by atoms with Gasteiger partial charge in [0.2, 0.25) is 10.9 Å². The molecule has 0 saturated carbocycles. The van der Waals surface area contributed by atoms with E-state index in [2.05, 4.69) is 58.8 Å². The highest BCUT2D eigenvalue weighted by molar-refractivity contribution is 7.99. The quantitative estimate of drug-likeness (QED) is 0.362. The largest absolute Gasteiger partial charge is 0.355 e. The van der Waals surface area contributed by atoms with Crippen LogP contribution in [0.1, 0.15) is 5.56 Å². The number of carbonyl (C=O) groups is 1. The standard InChI is InChI=1S/C19H18N4OS3/c1-13-6-8-14(9-7-13)25-11-10-20-17(24)12-26-18-21-22-19-23(18)15-4-2-3-5-16(15)27-19/h2-9H,10-12H2,1H3,(H,20,24). The van der Waals surface area contributed by atoms with Crippen LogP contribution < -0.4 is 5.32 Å². The fraction of sp³-hybridized carbons (Fsp3) is 0.211. The van der Waals surface area contributed by atoms with E-state index in [1.165, 1.54) is 26.9 Å². The van der Waals surface area contributed by atoms with Crippen LogP contribution in [-0.2, 0) is 4.79 Å². The van der Waals surface area contributed by atoms with Gasteiger partial charge in [-0.1, -0.05) is 52.9 Å². The first-order valence-corrected chi connectivity index (χ1v) is 11.3. The molecule has 2 aromatic carbocycles. The molecule has 0 bridgehead atoms. The first-order valence-electron chi connectivity index (χ1n) is 8.52. The summed E-state index contributed by atoms with van der Waals surface area (Å²) in [6, 6.07) is 16.6. The molecule has 0 saturated heterocycles. The van der Waals surface area contributed by atoms with E-state index in [0.29, 0.717) is 12.3 Å². The summed E-state index contributed by atoms with van der Waals surface area (Å²) in [6.45, 7) is 2.73. The second kappa shape index (κ2) is 8.33. The molecule has 1 N–H and O–H groups in total. The van der Waals surface area contributed by atoms with Crippen LogP contribution in [0.4, 0.5) is 0 Å². The number of nitrogens with zero attached hydrogens (tertiary/aromatic N) is 3. The molecule has 5 nitrogen and oxygen atoms in total. The van der Waals surface area contributed by atoms with E-state index in [9.17, 15) is 4.79 Å². The zero-order valence-electron chi connectivity index (χ0n) is 14.7. The maximum atomic E-state index is 12.1. The molecule has 0 aliphatic rings. The van der Waals surface area contributed by atoms with Crippen molar-refractivity contribution in [3.8, 4) is 0 Å². The van der Waals surface area contributed by atoms with Crippen molar-refractivity contribution in [3.63, 3.8) is 0 Å². The minimum Gasteiger partial charge on any atom is -0.355 e. The Balaban J connectivity index is 1.28. The first kappa shape index (κ1) is 18.3. The number of hydrogen-bond donors (Lipinski definition) is 1. The van der Waals surface area contributed by atoms with E-state index in [-0.39, 0.29) is 5.91 Å². The van der Waals surface area contributed by atoms with Gasteiger partial charge in [-0.3, -0.25) is 9.20 Å². The predicted octanol–water partition coefficient (Wildman–Crippen LogP) is 4.25. The second-order valence-electron chi connectivity index (χ2n) is 5.97. The number of rotatable bonds is 7. The number of amides is 1. The summed E-state index contributed by atoms with van der Waals surface area (Å²) < 4.78 is 3.19. The summed E-state index contributed by atoms with van der Waals surface area (Å²) in [6.07, 6.45) is 0. The molecule has 2 aromatic heterocycles. The molecule has 0 aliphatic carbocycles. The number of aryl methyl sites for hydroxylation is 1. The highest BCUT2D eigenvalue weighted by atomic mass is 32.2. The van der Waals surface area contributed by atoms with Crippen molar-refractivity contribution in [2.45, 2.75) is 17.0 Å². The summed E-state index contributed by atoms with van der Waals surface area (Å²) in [5.41, 5.74) is 2.34. The maximum absolute atomic E-state index is 12.1.